The highest BCUT2D eigenvalue weighted by Gasteiger charge is 2.35. The number of carbonyl (C=O) groups is 1. The molecule has 1 fully saturated rings. The van der Waals surface area contributed by atoms with Gasteiger partial charge >= 0.3 is 0 Å². The summed E-state index contributed by atoms with van der Waals surface area (Å²) >= 11 is 8.69. The van der Waals surface area contributed by atoms with Gasteiger partial charge in [0.05, 0.1) is 35.6 Å². The fourth-order valence-corrected chi connectivity index (χ4v) is 4.90. The van der Waals surface area contributed by atoms with Gasteiger partial charge in [-0.25, -0.2) is 9.97 Å². The van der Waals surface area contributed by atoms with E-state index < -0.39 is 0 Å². The van der Waals surface area contributed by atoms with Crippen LogP contribution >= 0.6 is 34.3 Å². The molecule has 0 unspecified atom stereocenters. The van der Waals surface area contributed by atoms with E-state index in [2.05, 4.69) is 15.3 Å². The van der Waals surface area contributed by atoms with Crippen LogP contribution in [0.4, 0.5) is 5.13 Å². The molecular weight excluding hydrogens is 430 g/mol. The number of aliphatic hydroxyl groups excluding tert-OH is 1. The number of amides is 1. The first kappa shape index (κ1) is 20.4. The predicted molar refractivity (Wildman–Crippen MR) is 115 cm³/mol. The van der Waals surface area contributed by atoms with Crippen molar-refractivity contribution in [2.24, 2.45) is 5.92 Å². The lowest BCUT2D eigenvalue weighted by Gasteiger charge is -2.33. The van der Waals surface area contributed by atoms with Crippen molar-refractivity contribution in [3.63, 3.8) is 0 Å². The summed E-state index contributed by atoms with van der Waals surface area (Å²) in [6.07, 6.45) is 1.53. The molecule has 6 nitrogen and oxygen atoms in total. The topological polar surface area (TPSA) is 84.3 Å². The highest BCUT2D eigenvalue weighted by Crippen LogP contribution is 2.34. The Balaban J connectivity index is 1.26. The molecule has 0 spiro atoms. The summed E-state index contributed by atoms with van der Waals surface area (Å²) in [6, 6.07) is 7.58. The molecule has 1 aliphatic rings. The van der Waals surface area contributed by atoms with Gasteiger partial charge in [0, 0.05) is 16.3 Å². The van der Waals surface area contributed by atoms with E-state index in [0.29, 0.717) is 34.6 Å². The molecule has 29 heavy (non-hydrogen) atoms. The second-order valence-electron chi connectivity index (χ2n) is 6.94. The number of thiazole rings is 2. The minimum Gasteiger partial charge on any atom is -0.389 e. The Hall–Kier alpha value is -1.84. The molecule has 1 saturated carbocycles. The number of benzene rings is 1. The maximum atomic E-state index is 12.5. The van der Waals surface area contributed by atoms with Crippen LogP contribution in [0, 0.1) is 12.8 Å². The SMILES string of the molecule is Cc1nc(CO)sc1-c1csc(NC(=O)[C@H]2C[C@@H](OCc3ccc(Cl)cc3)C2)n1. The number of aromatic nitrogens is 2. The Morgan fingerprint density at radius 1 is 1.31 bits per heavy atom. The van der Waals surface area contributed by atoms with E-state index in [1.807, 2.05) is 36.6 Å². The number of aliphatic hydroxyl groups is 1. The summed E-state index contributed by atoms with van der Waals surface area (Å²) in [5.41, 5.74) is 2.68. The lowest BCUT2D eigenvalue weighted by molar-refractivity contribution is -0.129. The summed E-state index contributed by atoms with van der Waals surface area (Å²) in [4.78, 5) is 22.2. The van der Waals surface area contributed by atoms with Gasteiger partial charge in [0.25, 0.3) is 0 Å². The van der Waals surface area contributed by atoms with Gasteiger partial charge in [-0.2, -0.15) is 0 Å². The van der Waals surface area contributed by atoms with Gasteiger partial charge in [-0.3, -0.25) is 4.79 Å². The van der Waals surface area contributed by atoms with E-state index in [4.69, 9.17) is 16.3 Å². The Bertz CT molecular complexity index is 997. The van der Waals surface area contributed by atoms with Crippen LogP contribution in [0.15, 0.2) is 29.6 Å². The van der Waals surface area contributed by atoms with Gasteiger partial charge < -0.3 is 15.2 Å². The zero-order chi connectivity index (χ0) is 20.4. The Morgan fingerprint density at radius 2 is 2.07 bits per heavy atom. The largest absolute Gasteiger partial charge is 0.389 e. The molecule has 2 heterocycles. The van der Waals surface area contributed by atoms with Crippen LogP contribution in [0.5, 0.6) is 0 Å². The van der Waals surface area contributed by atoms with Crippen molar-refractivity contribution in [3.8, 4) is 10.6 Å². The van der Waals surface area contributed by atoms with E-state index in [1.54, 1.807) is 0 Å². The minimum atomic E-state index is -0.0812. The average Bonchev–Trinajstić information content (AvgIpc) is 3.28. The first-order valence-corrected chi connectivity index (χ1v) is 11.3. The van der Waals surface area contributed by atoms with E-state index in [0.717, 1.165) is 21.8 Å². The molecular formula is C20H20ClN3O3S2. The number of rotatable bonds is 7. The van der Waals surface area contributed by atoms with Crippen LogP contribution < -0.4 is 5.32 Å². The van der Waals surface area contributed by atoms with Gasteiger partial charge in [-0.1, -0.05) is 23.7 Å². The number of nitrogens with zero attached hydrogens (tertiary/aromatic N) is 2. The van der Waals surface area contributed by atoms with Crippen molar-refractivity contribution in [3.05, 3.63) is 50.9 Å². The molecule has 1 aromatic carbocycles. The maximum Gasteiger partial charge on any atom is 0.229 e. The molecule has 0 atom stereocenters. The summed E-state index contributed by atoms with van der Waals surface area (Å²) < 4.78 is 5.86. The lowest BCUT2D eigenvalue weighted by Crippen LogP contribution is -2.39. The number of carbonyl (C=O) groups excluding carboxylic acids is 1. The van der Waals surface area contributed by atoms with Gasteiger partial charge in [0.1, 0.15) is 5.01 Å². The fraction of sp³-hybridized carbons (Fsp3) is 0.350. The summed E-state index contributed by atoms with van der Waals surface area (Å²) in [5.74, 6) is -0.0713. The van der Waals surface area contributed by atoms with Crippen LogP contribution in [0.25, 0.3) is 10.6 Å². The number of ether oxygens (including phenoxy) is 1. The van der Waals surface area contributed by atoms with Gasteiger partial charge in [0.2, 0.25) is 5.91 Å². The molecule has 0 saturated heterocycles. The van der Waals surface area contributed by atoms with Crippen LogP contribution in [0.1, 0.15) is 29.1 Å². The summed E-state index contributed by atoms with van der Waals surface area (Å²) in [7, 11) is 0. The van der Waals surface area contributed by atoms with Crippen molar-refractivity contribution in [2.75, 3.05) is 5.32 Å². The Labute approximate surface area is 181 Å². The molecule has 9 heteroatoms. The van der Waals surface area contributed by atoms with Crippen molar-refractivity contribution in [1.29, 1.82) is 0 Å². The third-order valence-corrected chi connectivity index (χ3v) is 6.98. The molecule has 0 aliphatic heterocycles. The molecule has 2 aromatic heterocycles. The molecule has 152 valence electrons. The highest BCUT2D eigenvalue weighted by molar-refractivity contribution is 7.17. The molecule has 1 amide bonds. The second-order valence-corrected chi connectivity index (χ2v) is 9.31. The minimum absolute atomic E-state index is 0.0192. The number of hydrogen-bond acceptors (Lipinski definition) is 7. The molecule has 2 N–H and O–H groups in total. The first-order valence-electron chi connectivity index (χ1n) is 9.22. The van der Waals surface area contributed by atoms with Gasteiger partial charge in [-0.15, -0.1) is 22.7 Å². The number of halogens is 1. The van der Waals surface area contributed by atoms with Crippen LogP contribution in [0.2, 0.25) is 5.02 Å². The Kier molecular flexibility index (Phi) is 6.26. The first-order chi connectivity index (χ1) is 14.0. The van der Waals surface area contributed by atoms with Gasteiger partial charge in [-0.05, 0) is 37.5 Å². The monoisotopic (exact) mass is 449 g/mol. The third-order valence-electron chi connectivity index (χ3n) is 4.81. The molecule has 1 aliphatic carbocycles. The smallest absolute Gasteiger partial charge is 0.229 e. The lowest BCUT2D eigenvalue weighted by atomic mass is 9.81. The highest BCUT2D eigenvalue weighted by atomic mass is 35.5. The van der Waals surface area contributed by atoms with Gasteiger partial charge in [0.15, 0.2) is 5.13 Å². The molecule has 0 radical (unpaired) electrons. The predicted octanol–water partition coefficient (Wildman–Crippen LogP) is 4.65. The summed E-state index contributed by atoms with van der Waals surface area (Å²) in [5, 5.41) is 16.0. The van der Waals surface area contributed by atoms with Crippen molar-refractivity contribution < 1.29 is 14.6 Å². The standard InChI is InChI=1S/C20H20ClN3O3S2/c1-11-18(29-17(8-25)22-11)16-10-28-20(23-16)24-19(26)13-6-15(7-13)27-9-12-2-4-14(21)5-3-12/h2-5,10,13,15,25H,6-9H2,1H3,(H,23,24,26)/t13-,15+. The van der Waals surface area contributed by atoms with Crippen molar-refractivity contribution in [2.45, 2.75) is 39.1 Å². The molecule has 0 bridgehead atoms. The van der Waals surface area contributed by atoms with E-state index in [-0.39, 0.29) is 24.5 Å². The molecule has 4 rings (SSSR count). The quantitative estimate of drug-likeness (QED) is 0.548. The van der Waals surface area contributed by atoms with E-state index in [1.165, 1.54) is 22.7 Å². The zero-order valence-corrected chi connectivity index (χ0v) is 18.1. The Morgan fingerprint density at radius 3 is 2.76 bits per heavy atom. The maximum absolute atomic E-state index is 12.5. The second kappa shape index (κ2) is 8.89. The van der Waals surface area contributed by atoms with Crippen LogP contribution in [-0.4, -0.2) is 27.1 Å². The summed E-state index contributed by atoms with van der Waals surface area (Å²) in [6.45, 7) is 2.33. The number of hydrogen-bond donors (Lipinski definition) is 2. The average molecular weight is 450 g/mol. The third kappa shape index (κ3) is 4.84. The van der Waals surface area contributed by atoms with E-state index >= 15 is 0 Å². The number of aryl methyl sites for hydroxylation is 1. The molecule has 3 aromatic rings. The number of nitrogens with one attached hydrogen (secondary N) is 1. The van der Waals surface area contributed by atoms with Crippen LogP contribution in [-0.2, 0) is 22.7 Å². The van der Waals surface area contributed by atoms with E-state index in [9.17, 15) is 9.90 Å². The normalized spacial score (nSPS) is 18.4. The van der Waals surface area contributed by atoms with Crippen molar-refractivity contribution >= 4 is 45.3 Å². The van der Waals surface area contributed by atoms with Crippen LogP contribution in [0.3, 0.4) is 0 Å². The van der Waals surface area contributed by atoms with Crippen molar-refractivity contribution in [1.82, 2.24) is 9.97 Å². The zero-order valence-electron chi connectivity index (χ0n) is 15.7. The fourth-order valence-electron chi connectivity index (χ4n) is 3.11. The number of anilines is 1.